The van der Waals surface area contributed by atoms with Crippen LogP contribution >= 0.6 is 0 Å². The highest BCUT2D eigenvalue weighted by molar-refractivity contribution is 5.78. The van der Waals surface area contributed by atoms with Crippen LogP contribution in [0.1, 0.15) is 37.4 Å². The molecule has 128 valence electrons. The summed E-state index contributed by atoms with van der Waals surface area (Å²) in [7, 11) is 1.72. The van der Waals surface area contributed by atoms with E-state index in [4.69, 9.17) is 4.74 Å². The number of methoxy groups -OCH3 is 1. The van der Waals surface area contributed by atoms with Gasteiger partial charge in [0, 0.05) is 45.1 Å². The van der Waals surface area contributed by atoms with Gasteiger partial charge in [0.1, 0.15) is 5.82 Å². The van der Waals surface area contributed by atoms with Crippen LogP contribution in [0.15, 0.2) is 12.4 Å². The number of ether oxygens (including phenoxy) is 1. The first kappa shape index (κ1) is 16.5. The number of hydrogen-bond acceptors (Lipinski definition) is 4. The van der Waals surface area contributed by atoms with Crippen molar-refractivity contribution in [2.45, 2.75) is 38.1 Å². The summed E-state index contributed by atoms with van der Waals surface area (Å²) in [5.41, 5.74) is 0. The van der Waals surface area contributed by atoms with E-state index in [2.05, 4.69) is 14.5 Å². The lowest BCUT2D eigenvalue weighted by atomic mass is 9.97. The smallest absolute Gasteiger partial charge is 0.236 e. The molecule has 0 spiro atoms. The van der Waals surface area contributed by atoms with Gasteiger partial charge in [0.15, 0.2) is 0 Å². The maximum Gasteiger partial charge on any atom is 0.236 e. The molecule has 3 heterocycles. The summed E-state index contributed by atoms with van der Waals surface area (Å²) in [6.45, 7) is 5.94. The van der Waals surface area contributed by atoms with Crippen molar-refractivity contribution in [3.05, 3.63) is 18.2 Å². The van der Waals surface area contributed by atoms with Gasteiger partial charge in [-0.15, -0.1) is 0 Å². The van der Waals surface area contributed by atoms with Gasteiger partial charge in [-0.2, -0.15) is 0 Å². The molecule has 1 atom stereocenters. The van der Waals surface area contributed by atoms with Gasteiger partial charge >= 0.3 is 0 Å². The lowest BCUT2D eigenvalue weighted by Crippen LogP contribution is -2.44. The molecule has 0 radical (unpaired) electrons. The molecule has 1 aromatic rings. The number of carbonyl (C=O) groups is 1. The van der Waals surface area contributed by atoms with Crippen molar-refractivity contribution in [3.63, 3.8) is 0 Å². The first-order valence-electron chi connectivity index (χ1n) is 8.78. The van der Waals surface area contributed by atoms with Crippen molar-refractivity contribution in [2.24, 2.45) is 0 Å². The molecule has 3 rings (SSSR count). The largest absolute Gasteiger partial charge is 0.383 e. The first-order valence-corrected chi connectivity index (χ1v) is 8.78. The van der Waals surface area contributed by atoms with Crippen LogP contribution in [0.2, 0.25) is 0 Å². The molecule has 0 aromatic carbocycles. The van der Waals surface area contributed by atoms with Gasteiger partial charge in [0.2, 0.25) is 5.91 Å². The topological polar surface area (TPSA) is 50.6 Å². The van der Waals surface area contributed by atoms with Crippen molar-refractivity contribution in [2.75, 3.05) is 46.4 Å². The summed E-state index contributed by atoms with van der Waals surface area (Å²) in [5, 5.41) is 0. The van der Waals surface area contributed by atoms with Crippen molar-refractivity contribution in [1.29, 1.82) is 0 Å². The molecule has 2 saturated heterocycles. The predicted molar refractivity (Wildman–Crippen MR) is 88.3 cm³/mol. The van der Waals surface area contributed by atoms with E-state index in [0.29, 0.717) is 19.1 Å². The summed E-state index contributed by atoms with van der Waals surface area (Å²) in [6.07, 6.45) is 8.50. The molecule has 0 unspecified atom stereocenters. The molecular weight excluding hydrogens is 292 g/mol. The molecule has 1 amide bonds. The average Bonchev–Trinajstić information content (AvgIpc) is 3.24. The molecule has 2 fully saturated rings. The molecule has 6 nitrogen and oxygen atoms in total. The van der Waals surface area contributed by atoms with Crippen LogP contribution < -0.4 is 0 Å². The third kappa shape index (κ3) is 4.12. The second kappa shape index (κ2) is 7.93. The number of carbonyl (C=O) groups excluding carboxylic acids is 1. The van der Waals surface area contributed by atoms with Crippen LogP contribution in [-0.4, -0.2) is 71.7 Å². The monoisotopic (exact) mass is 320 g/mol. The molecule has 6 heteroatoms. The number of likely N-dealkylation sites (tertiary alicyclic amines) is 2. The Morgan fingerprint density at radius 2 is 2.13 bits per heavy atom. The van der Waals surface area contributed by atoms with E-state index in [0.717, 1.165) is 51.4 Å². The van der Waals surface area contributed by atoms with Gasteiger partial charge in [-0.1, -0.05) is 0 Å². The Labute approximate surface area is 138 Å². The van der Waals surface area contributed by atoms with Crippen LogP contribution in [0.5, 0.6) is 0 Å². The minimum atomic E-state index is 0.284. The number of aromatic nitrogens is 2. The third-order valence-corrected chi connectivity index (χ3v) is 4.98. The summed E-state index contributed by atoms with van der Waals surface area (Å²) in [6, 6.07) is 0. The van der Waals surface area contributed by atoms with Crippen LogP contribution in [0.3, 0.4) is 0 Å². The number of hydrogen-bond donors (Lipinski definition) is 0. The Morgan fingerprint density at radius 1 is 1.30 bits per heavy atom. The fraction of sp³-hybridized carbons (Fsp3) is 0.765. The zero-order valence-electron chi connectivity index (χ0n) is 14.1. The minimum Gasteiger partial charge on any atom is -0.383 e. The highest BCUT2D eigenvalue weighted by Crippen LogP contribution is 2.26. The van der Waals surface area contributed by atoms with Crippen molar-refractivity contribution >= 4 is 5.91 Å². The second-order valence-electron chi connectivity index (χ2n) is 6.63. The summed E-state index contributed by atoms with van der Waals surface area (Å²) in [5.74, 6) is 1.73. The Balaban J connectivity index is 1.59. The van der Waals surface area contributed by atoms with E-state index in [1.807, 2.05) is 17.3 Å². The van der Waals surface area contributed by atoms with E-state index in [1.165, 1.54) is 12.8 Å². The molecule has 0 saturated carbocycles. The highest BCUT2D eigenvalue weighted by atomic mass is 16.5. The minimum absolute atomic E-state index is 0.284. The Hall–Kier alpha value is -1.40. The number of nitrogens with zero attached hydrogens (tertiary/aromatic N) is 4. The van der Waals surface area contributed by atoms with E-state index < -0.39 is 0 Å². The van der Waals surface area contributed by atoms with Crippen LogP contribution in [-0.2, 0) is 16.1 Å². The Morgan fingerprint density at radius 3 is 2.91 bits per heavy atom. The molecule has 0 N–H and O–H groups in total. The molecule has 1 aromatic heterocycles. The fourth-order valence-electron chi connectivity index (χ4n) is 3.71. The first-order chi connectivity index (χ1) is 11.3. The Bertz CT molecular complexity index is 510. The van der Waals surface area contributed by atoms with Crippen molar-refractivity contribution < 1.29 is 9.53 Å². The molecular formula is C17H28N4O2. The van der Waals surface area contributed by atoms with Gasteiger partial charge in [0.25, 0.3) is 0 Å². The van der Waals surface area contributed by atoms with Crippen molar-refractivity contribution in [1.82, 2.24) is 19.4 Å². The van der Waals surface area contributed by atoms with E-state index in [-0.39, 0.29) is 5.91 Å². The normalized spacial score (nSPS) is 22.7. The quantitative estimate of drug-likeness (QED) is 0.793. The van der Waals surface area contributed by atoms with Crippen LogP contribution in [0.4, 0.5) is 0 Å². The van der Waals surface area contributed by atoms with E-state index >= 15 is 0 Å². The summed E-state index contributed by atoms with van der Waals surface area (Å²) >= 11 is 0. The molecule has 2 aliphatic heterocycles. The predicted octanol–water partition coefficient (Wildman–Crippen LogP) is 1.33. The molecule has 0 aliphatic carbocycles. The van der Waals surface area contributed by atoms with Crippen LogP contribution in [0, 0.1) is 0 Å². The van der Waals surface area contributed by atoms with E-state index in [9.17, 15) is 4.79 Å². The molecule has 0 bridgehead atoms. The number of imidazole rings is 1. The van der Waals surface area contributed by atoms with Crippen molar-refractivity contribution in [3.8, 4) is 0 Å². The Kier molecular flexibility index (Phi) is 5.67. The number of rotatable bonds is 6. The van der Waals surface area contributed by atoms with Crippen LogP contribution in [0.25, 0.3) is 0 Å². The SMILES string of the molecule is COCCn1ccnc1[C@H]1CCCN(C(=O)CN2CCCC2)C1. The van der Waals surface area contributed by atoms with Gasteiger partial charge < -0.3 is 14.2 Å². The molecule has 23 heavy (non-hydrogen) atoms. The fourth-order valence-corrected chi connectivity index (χ4v) is 3.71. The van der Waals surface area contributed by atoms with Gasteiger partial charge in [-0.25, -0.2) is 4.98 Å². The summed E-state index contributed by atoms with van der Waals surface area (Å²) < 4.78 is 7.34. The lowest BCUT2D eigenvalue weighted by molar-refractivity contribution is -0.133. The maximum atomic E-state index is 12.6. The third-order valence-electron chi connectivity index (χ3n) is 4.98. The van der Waals surface area contributed by atoms with E-state index in [1.54, 1.807) is 7.11 Å². The zero-order valence-corrected chi connectivity index (χ0v) is 14.1. The standard InChI is InChI=1S/C17H28N4O2/c1-23-12-11-20-10-6-18-17(20)15-5-4-9-21(13-15)16(22)14-19-7-2-3-8-19/h6,10,15H,2-5,7-9,11-14H2,1H3/t15-/m0/s1. The van der Waals surface area contributed by atoms with Gasteiger partial charge in [0.05, 0.1) is 13.2 Å². The second-order valence-corrected chi connectivity index (χ2v) is 6.63. The summed E-state index contributed by atoms with van der Waals surface area (Å²) in [4.78, 5) is 21.4. The molecule has 2 aliphatic rings. The highest BCUT2D eigenvalue weighted by Gasteiger charge is 2.28. The average molecular weight is 320 g/mol. The zero-order chi connectivity index (χ0) is 16.1. The maximum absolute atomic E-state index is 12.6. The number of piperidine rings is 1. The number of amides is 1. The lowest BCUT2D eigenvalue weighted by Gasteiger charge is -2.33. The van der Waals surface area contributed by atoms with Gasteiger partial charge in [-0.3, -0.25) is 9.69 Å². The van der Waals surface area contributed by atoms with Gasteiger partial charge in [-0.05, 0) is 38.8 Å².